The normalized spacial score (nSPS) is 28.6. The standard InChI is InChI=1S/C16H21ClN2O2/c1-10-2-3-11(6-15(10)17)18-16(21)9-19-12-4-5-13(19)8-14(20)7-12/h2-3,6,12-14,20H,4-5,7-9H2,1H3,(H,18,21). The van der Waals surface area contributed by atoms with Gasteiger partial charge < -0.3 is 10.4 Å². The van der Waals surface area contributed by atoms with Crippen LogP contribution in [0.3, 0.4) is 0 Å². The van der Waals surface area contributed by atoms with E-state index in [1.807, 2.05) is 19.1 Å². The highest BCUT2D eigenvalue weighted by molar-refractivity contribution is 6.31. The molecule has 0 radical (unpaired) electrons. The molecular weight excluding hydrogens is 288 g/mol. The molecule has 0 aliphatic carbocycles. The van der Waals surface area contributed by atoms with E-state index in [9.17, 15) is 9.90 Å². The summed E-state index contributed by atoms with van der Waals surface area (Å²) in [5.74, 6) is -0.0109. The molecule has 3 rings (SSSR count). The lowest BCUT2D eigenvalue weighted by Gasteiger charge is -2.36. The van der Waals surface area contributed by atoms with Gasteiger partial charge in [0.15, 0.2) is 0 Å². The number of anilines is 1. The number of aliphatic hydroxyl groups is 1. The number of carbonyl (C=O) groups is 1. The topological polar surface area (TPSA) is 52.6 Å². The van der Waals surface area contributed by atoms with Gasteiger partial charge in [-0.25, -0.2) is 0 Å². The summed E-state index contributed by atoms with van der Waals surface area (Å²) in [5, 5.41) is 13.4. The van der Waals surface area contributed by atoms with Crippen LogP contribution in [0.15, 0.2) is 18.2 Å². The van der Waals surface area contributed by atoms with Gasteiger partial charge in [0.1, 0.15) is 0 Å². The van der Waals surface area contributed by atoms with Crippen molar-refractivity contribution in [3.63, 3.8) is 0 Å². The molecule has 2 unspecified atom stereocenters. The SMILES string of the molecule is Cc1ccc(NC(=O)CN2C3CCC2CC(O)C3)cc1Cl. The molecule has 5 heteroatoms. The van der Waals surface area contributed by atoms with E-state index in [4.69, 9.17) is 11.6 Å². The number of rotatable bonds is 3. The van der Waals surface area contributed by atoms with Crippen LogP contribution in [-0.2, 0) is 4.79 Å². The second-order valence-corrected chi connectivity index (χ2v) is 6.60. The first kappa shape index (κ1) is 14.8. The largest absolute Gasteiger partial charge is 0.393 e. The summed E-state index contributed by atoms with van der Waals surface area (Å²) in [5.41, 5.74) is 1.73. The van der Waals surface area contributed by atoms with Gasteiger partial charge in [0.25, 0.3) is 0 Å². The third-order valence-electron chi connectivity index (χ3n) is 4.64. The molecule has 1 aromatic rings. The number of aryl methyl sites for hydroxylation is 1. The predicted molar refractivity (Wildman–Crippen MR) is 83.6 cm³/mol. The van der Waals surface area contributed by atoms with E-state index in [-0.39, 0.29) is 12.0 Å². The van der Waals surface area contributed by atoms with Crippen molar-refractivity contribution in [2.45, 2.75) is 50.8 Å². The molecule has 1 aromatic carbocycles. The average molecular weight is 309 g/mol. The third kappa shape index (κ3) is 3.23. The van der Waals surface area contributed by atoms with Gasteiger partial charge in [-0.05, 0) is 50.3 Å². The molecule has 0 aromatic heterocycles. The van der Waals surface area contributed by atoms with Crippen LogP contribution in [0.5, 0.6) is 0 Å². The Hall–Kier alpha value is -1.10. The van der Waals surface area contributed by atoms with Gasteiger partial charge >= 0.3 is 0 Å². The van der Waals surface area contributed by atoms with Gasteiger partial charge in [0.2, 0.25) is 5.91 Å². The van der Waals surface area contributed by atoms with Crippen LogP contribution in [0.2, 0.25) is 5.02 Å². The Morgan fingerprint density at radius 3 is 2.67 bits per heavy atom. The van der Waals surface area contributed by atoms with Crippen LogP contribution < -0.4 is 5.32 Å². The Kier molecular flexibility index (Phi) is 4.20. The molecule has 2 saturated heterocycles. The number of benzene rings is 1. The van der Waals surface area contributed by atoms with Crippen LogP contribution in [-0.4, -0.2) is 40.6 Å². The zero-order valence-corrected chi connectivity index (χ0v) is 12.9. The summed E-state index contributed by atoms with van der Waals surface area (Å²) in [6.07, 6.45) is 3.56. The number of halogens is 1. The zero-order chi connectivity index (χ0) is 15.0. The van der Waals surface area contributed by atoms with Crippen molar-refractivity contribution in [3.8, 4) is 0 Å². The molecule has 2 aliphatic rings. The molecular formula is C16H21ClN2O2. The van der Waals surface area contributed by atoms with Crippen LogP contribution >= 0.6 is 11.6 Å². The van der Waals surface area contributed by atoms with Crippen molar-refractivity contribution < 1.29 is 9.90 Å². The Balaban J connectivity index is 1.60. The van der Waals surface area contributed by atoms with E-state index in [0.29, 0.717) is 23.7 Å². The number of carbonyl (C=O) groups excluding carboxylic acids is 1. The predicted octanol–water partition coefficient (Wildman–Crippen LogP) is 2.57. The lowest BCUT2D eigenvalue weighted by molar-refractivity contribution is -0.119. The fraction of sp³-hybridized carbons (Fsp3) is 0.562. The van der Waals surface area contributed by atoms with Crippen molar-refractivity contribution in [1.82, 2.24) is 4.90 Å². The van der Waals surface area contributed by atoms with Crippen molar-refractivity contribution >= 4 is 23.2 Å². The maximum atomic E-state index is 12.2. The summed E-state index contributed by atoms with van der Waals surface area (Å²) in [6, 6.07) is 6.26. The molecule has 1 amide bonds. The van der Waals surface area contributed by atoms with Gasteiger partial charge in [0.05, 0.1) is 12.6 Å². The number of amides is 1. The molecule has 0 saturated carbocycles. The summed E-state index contributed by atoms with van der Waals surface area (Å²) >= 11 is 6.07. The monoisotopic (exact) mass is 308 g/mol. The molecule has 0 spiro atoms. The number of nitrogens with one attached hydrogen (secondary N) is 1. The Morgan fingerprint density at radius 2 is 2.05 bits per heavy atom. The van der Waals surface area contributed by atoms with E-state index < -0.39 is 0 Å². The molecule has 2 aliphatic heterocycles. The molecule has 2 fully saturated rings. The molecule has 2 atom stereocenters. The summed E-state index contributed by atoms with van der Waals surface area (Å²) in [6.45, 7) is 2.33. The first-order valence-electron chi connectivity index (χ1n) is 7.53. The molecule has 2 heterocycles. The number of nitrogens with zero attached hydrogens (tertiary/aromatic N) is 1. The highest BCUT2D eigenvalue weighted by Crippen LogP contribution is 2.35. The fourth-order valence-corrected chi connectivity index (χ4v) is 3.72. The number of aliphatic hydroxyl groups excluding tert-OH is 1. The number of fused-ring (bicyclic) bond motifs is 2. The molecule has 2 N–H and O–H groups in total. The summed E-state index contributed by atoms with van der Waals surface area (Å²) in [7, 11) is 0. The minimum absolute atomic E-state index is 0.0109. The summed E-state index contributed by atoms with van der Waals surface area (Å²) in [4.78, 5) is 14.5. The first-order valence-corrected chi connectivity index (χ1v) is 7.90. The van der Waals surface area contributed by atoms with Crippen molar-refractivity contribution in [3.05, 3.63) is 28.8 Å². The van der Waals surface area contributed by atoms with Crippen molar-refractivity contribution in [2.75, 3.05) is 11.9 Å². The zero-order valence-electron chi connectivity index (χ0n) is 12.2. The van der Waals surface area contributed by atoms with Gasteiger partial charge in [-0.15, -0.1) is 0 Å². The Labute approximate surface area is 130 Å². The minimum Gasteiger partial charge on any atom is -0.393 e. The molecule has 114 valence electrons. The van der Waals surface area contributed by atoms with E-state index in [1.165, 1.54) is 0 Å². The van der Waals surface area contributed by atoms with E-state index in [2.05, 4.69) is 10.2 Å². The lowest BCUT2D eigenvalue weighted by atomic mass is 10.00. The highest BCUT2D eigenvalue weighted by Gasteiger charge is 2.40. The molecule has 2 bridgehead atoms. The van der Waals surface area contributed by atoms with Crippen molar-refractivity contribution in [2.24, 2.45) is 0 Å². The van der Waals surface area contributed by atoms with E-state index >= 15 is 0 Å². The minimum atomic E-state index is -0.197. The summed E-state index contributed by atoms with van der Waals surface area (Å²) < 4.78 is 0. The maximum absolute atomic E-state index is 12.2. The van der Waals surface area contributed by atoms with Crippen LogP contribution in [0.4, 0.5) is 5.69 Å². The third-order valence-corrected chi connectivity index (χ3v) is 5.05. The fourth-order valence-electron chi connectivity index (χ4n) is 3.54. The second-order valence-electron chi connectivity index (χ2n) is 6.19. The highest BCUT2D eigenvalue weighted by atomic mass is 35.5. The maximum Gasteiger partial charge on any atom is 0.238 e. The second kappa shape index (κ2) is 5.95. The number of piperidine rings is 1. The van der Waals surface area contributed by atoms with Crippen LogP contribution in [0, 0.1) is 6.92 Å². The number of hydrogen-bond acceptors (Lipinski definition) is 3. The quantitative estimate of drug-likeness (QED) is 0.902. The Bertz CT molecular complexity index is 535. The smallest absolute Gasteiger partial charge is 0.238 e. The van der Waals surface area contributed by atoms with Gasteiger partial charge in [-0.3, -0.25) is 9.69 Å². The van der Waals surface area contributed by atoms with E-state index in [1.54, 1.807) is 6.07 Å². The average Bonchev–Trinajstić information content (AvgIpc) is 2.67. The molecule has 4 nitrogen and oxygen atoms in total. The molecule has 21 heavy (non-hydrogen) atoms. The van der Waals surface area contributed by atoms with Crippen LogP contribution in [0.25, 0.3) is 0 Å². The first-order chi connectivity index (χ1) is 10.0. The van der Waals surface area contributed by atoms with Gasteiger partial charge in [-0.2, -0.15) is 0 Å². The van der Waals surface area contributed by atoms with Gasteiger partial charge in [-0.1, -0.05) is 17.7 Å². The lowest BCUT2D eigenvalue weighted by Crippen LogP contribution is -2.47. The number of hydrogen-bond donors (Lipinski definition) is 2. The van der Waals surface area contributed by atoms with Crippen molar-refractivity contribution in [1.29, 1.82) is 0 Å². The van der Waals surface area contributed by atoms with E-state index in [0.717, 1.165) is 36.9 Å². The van der Waals surface area contributed by atoms with Gasteiger partial charge in [0, 0.05) is 22.8 Å². The van der Waals surface area contributed by atoms with Crippen LogP contribution in [0.1, 0.15) is 31.2 Å². The Morgan fingerprint density at radius 1 is 1.38 bits per heavy atom.